The Morgan fingerprint density at radius 3 is 2.37 bits per heavy atom. The van der Waals surface area contributed by atoms with Crippen LogP contribution in [-0.2, 0) is 9.53 Å². The Morgan fingerprint density at radius 2 is 1.84 bits per heavy atom. The zero-order valence-electron chi connectivity index (χ0n) is 12.5. The highest BCUT2D eigenvalue weighted by Gasteiger charge is 2.31. The number of hydrogen-bond acceptors (Lipinski definition) is 3. The van der Waals surface area contributed by atoms with E-state index in [-0.39, 0.29) is 23.7 Å². The Morgan fingerprint density at radius 1 is 1.21 bits per heavy atom. The number of methoxy groups -OCH3 is 1. The van der Waals surface area contributed by atoms with Gasteiger partial charge in [0.1, 0.15) is 5.75 Å². The van der Waals surface area contributed by atoms with Crippen LogP contribution in [0.2, 0.25) is 0 Å². The lowest BCUT2D eigenvalue weighted by atomic mass is 9.80. The maximum absolute atomic E-state index is 12.1. The molecule has 0 aliphatic rings. The second-order valence-corrected chi connectivity index (χ2v) is 5.05. The Balaban J connectivity index is 3.05. The highest BCUT2D eigenvalue weighted by Crippen LogP contribution is 2.35. The van der Waals surface area contributed by atoms with Crippen LogP contribution in [0.15, 0.2) is 24.3 Å². The number of hydrogen-bond donors (Lipinski definition) is 0. The van der Waals surface area contributed by atoms with E-state index in [9.17, 15) is 4.79 Å². The Kier molecular flexibility index (Phi) is 5.87. The summed E-state index contributed by atoms with van der Waals surface area (Å²) in [4.78, 5) is 12.1. The lowest BCUT2D eigenvalue weighted by molar-refractivity contribution is -0.150. The molecule has 0 saturated heterocycles. The Labute approximate surface area is 115 Å². The molecule has 1 aromatic rings. The minimum Gasteiger partial charge on any atom is -0.496 e. The quantitative estimate of drug-likeness (QED) is 0.736. The molecule has 0 N–H and O–H groups in total. The van der Waals surface area contributed by atoms with Crippen LogP contribution in [0.1, 0.15) is 39.2 Å². The van der Waals surface area contributed by atoms with E-state index in [1.807, 2.05) is 45.0 Å². The van der Waals surface area contributed by atoms with Gasteiger partial charge in [-0.25, -0.2) is 0 Å². The van der Waals surface area contributed by atoms with Crippen molar-refractivity contribution in [3.63, 3.8) is 0 Å². The standard InChI is InChI=1S/C16H24O3/c1-6-19-16(17)15(11(2)3)12(4)13-9-7-8-10-14(13)18-5/h7-12,15H,6H2,1-5H3. The van der Waals surface area contributed by atoms with E-state index in [0.717, 1.165) is 11.3 Å². The van der Waals surface area contributed by atoms with Crippen molar-refractivity contribution in [1.82, 2.24) is 0 Å². The summed E-state index contributed by atoms with van der Waals surface area (Å²) in [7, 11) is 1.65. The highest BCUT2D eigenvalue weighted by atomic mass is 16.5. The second kappa shape index (κ2) is 7.17. The molecule has 0 spiro atoms. The summed E-state index contributed by atoms with van der Waals surface area (Å²) in [5.74, 6) is 0.825. The molecule has 1 aromatic carbocycles. The fourth-order valence-corrected chi connectivity index (χ4v) is 2.53. The number of esters is 1. The highest BCUT2D eigenvalue weighted by molar-refractivity contribution is 5.74. The largest absolute Gasteiger partial charge is 0.496 e. The van der Waals surface area contributed by atoms with Crippen LogP contribution in [0.4, 0.5) is 0 Å². The SMILES string of the molecule is CCOC(=O)C(C(C)C)C(C)c1ccccc1OC. The molecule has 0 aliphatic heterocycles. The third-order valence-electron chi connectivity index (χ3n) is 3.45. The van der Waals surface area contributed by atoms with Crippen LogP contribution in [-0.4, -0.2) is 19.7 Å². The van der Waals surface area contributed by atoms with Crippen LogP contribution in [0.25, 0.3) is 0 Å². The average molecular weight is 264 g/mol. The first-order valence-corrected chi connectivity index (χ1v) is 6.82. The van der Waals surface area contributed by atoms with Crippen molar-refractivity contribution in [3.05, 3.63) is 29.8 Å². The molecular weight excluding hydrogens is 240 g/mol. The molecule has 3 nitrogen and oxygen atoms in total. The number of ether oxygens (including phenoxy) is 2. The molecule has 106 valence electrons. The second-order valence-electron chi connectivity index (χ2n) is 5.05. The first kappa shape index (κ1) is 15.5. The van der Waals surface area contributed by atoms with Gasteiger partial charge in [0.05, 0.1) is 19.6 Å². The van der Waals surface area contributed by atoms with Crippen molar-refractivity contribution in [1.29, 1.82) is 0 Å². The third kappa shape index (κ3) is 3.72. The van der Waals surface area contributed by atoms with Gasteiger partial charge in [0, 0.05) is 0 Å². The number of rotatable bonds is 6. The van der Waals surface area contributed by atoms with Gasteiger partial charge in [0.25, 0.3) is 0 Å². The number of carbonyl (C=O) groups excluding carboxylic acids is 1. The normalized spacial score (nSPS) is 14.0. The molecule has 0 aromatic heterocycles. The molecule has 1 rings (SSSR count). The smallest absolute Gasteiger partial charge is 0.309 e. The number of carbonyl (C=O) groups is 1. The first-order chi connectivity index (χ1) is 9.02. The lowest BCUT2D eigenvalue weighted by Gasteiger charge is -2.26. The predicted octanol–water partition coefficient (Wildman–Crippen LogP) is 3.63. The van der Waals surface area contributed by atoms with Crippen molar-refractivity contribution in [2.24, 2.45) is 11.8 Å². The molecule has 0 radical (unpaired) electrons. The van der Waals surface area contributed by atoms with Gasteiger partial charge in [0.2, 0.25) is 0 Å². The third-order valence-corrected chi connectivity index (χ3v) is 3.45. The average Bonchev–Trinajstić information content (AvgIpc) is 2.38. The fourth-order valence-electron chi connectivity index (χ4n) is 2.53. The van der Waals surface area contributed by atoms with Gasteiger partial charge in [-0.15, -0.1) is 0 Å². The van der Waals surface area contributed by atoms with Crippen molar-refractivity contribution in [3.8, 4) is 5.75 Å². The van der Waals surface area contributed by atoms with Crippen molar-refractivity contribution < 1.29 is 14.3 Å². The summed E-state index contributed by atoms with van der Waals surface area (Å²) < 4.78 is 10.6. The van der Waals surface area contributed by atoms with Gasteiger partial charge >= 0.3 is 5.97 Å². The topological polar surface area (TPSA) is 35.5 Å². The monoisotopic (exact) mass is 264 g/mol. The van der Waals surface area contributed by atoms with Crippen LogP contribution in [0, 0.1) is 11.8 Å². The number of benzene rings is 1. The summed E-state index contributed by atoms with van der Waals surface area (Å²) in [5.41, 5.74) is 1.05. The van der Waals surface area contributed by atoms with E-state index < -0.39 is 0 Å². The maximum Gasteiger partial charge on any atom is 0.309 e. The molecule has 0 amide bonds. The van der Waals surface area contributed by atoms with E-state index in [1.54, 1.807) is 7.11 Å². The van der Waals surface area contributed by atoms with Crippen molar-refractivity contribution >= 4 is 5.97 Å². The summed E-state index contributed by atoms with van der Waals surface area (Å²) in [6.07, 6.45) is 0. The van der Waals surface area contributed by atoms with Crippen molar-refractivity contribution in [2.75, 3.05) is 13.7 Å². The van der Waals surface area contributed by atoms with E-state index in [4.69, 9.17) is 9.47 Å². The van der Waals surface area contributed by atoms with Crippen LogP contribution >= 0.6 is 0 Å². The molecule has 2 unspecified atom stereocenters. The van der Waals surface area contributed by atoms with Gasteiger partial charge in [-0.2, -0.15) is 0 Å². The molecule has 0 bridgehead atoms. The summed E-state index contributed by atoms with van der Waals surface area (Å²) in [6, 6.07) is 7.84. The summed E-state index contributed by atoms with van der Waals surface area (Å²) in [5, 5.41) is 0. The Hall–Kier alpha value is -1.51. The van der Waals surface area contributed by atoms with Gasteiger partial charge in [-0.3, -0.25) is 4.79 Å². The minimum atomic E-state index is -0.156. The number of para-hydroxylation sites is 1. The van der Waals surface area contributed by atoms with E-state index in [2.05, 4.69) is 6.92 Å². The first-order valence-electron chi connectivity index (χ1n) is 6.82. The molecule has 0 aliphatic carbocycles. The van der Waals surface area contributed by atoms with Gasteiger partial charge < -0.3 is 9.47 Å². The molecule has 2 atom stereocenters. The zero-order chi connectivity index (χ0) is 14.4. The molecule has 19 heavy (non-hydrogen) atoms. The summed E-state index contributed by atoms with van der Waals surface area (Å²) >= 11 is 0. The van der Waals surface area contributed by atoms with Crippen LogP contribution in [0.3, 0.4) is 0 Å². The van der Waals surface area contributed by atoms with E-state index in [1.165, 1.54) is 0 Å². The molecular formula is C16H24O3. The van der Waals surface area contributed by atoms with E-state index in [0.29, 0.717) is 6.61 Å². The minimum absolute atomic E-state index is 0.0650. The van der Waals surface area contributed by atoms with Gasteiger partial charge in [-0.1, -0.05) is 39.0 Å². The van der Waals surface area contributed by atoms with Crippen LogP contribution in [0.5, 0.6) is 5.75 Å². The van der Waals surface area contributed by atoms with Gasteiger partial charge in [-0.05, 0) is 30.4 Å². The van der Waals surface area contributed by atoms with Crippen molar-refractivity contribution in [2.45, 2.75) is 33.6 Å². The van der Waals surface area contributed by atoms with Gasteiger partial charge in [0.15, 0.2) is 0 Å². The lowest BCUT2D eigenvalue weighted by Crippen LogP contribution is -2.28. The molecule has 0 saturated carbocycles. The molecule has 0 heterocycles. The van der Waals surface area contributed by atoms with Crippen LogP contribution < -0.4 is 4.74 Å². The predicted molar refractivity (Wildman–Crippen MR) is 76.4 cm³/mol. The summed E-state index contributed by atoms with van der Waals surface area (Å²) in [6.45, 7) is 8.41. The molecule has 0 fully saturated rings. The fraction of sp³-hybridized carbons (Fsp3) is 0.562. The van der Waals surface area contributed by atoms with E-state index >= 15 is 0 Å². The molecule has 3 heteroatoms. The maximum atomic E-state index is 12.1. The Bertz CT molecular complexity index is 412. The zero-order valence-corrected chi connectivity index (χ0v) is 12.5.